The van der Waals surface area contributed by atoms with Crippen LogP contribution in [0.2, 0.25) is 5.15 Å². The normalized spacial score (nSPS) is 16.6. The van der Waals surface area contributed by atoms with Crippen molar-refractivity contribution in [1.29, 1.82) is 0 Å². The molecule has 0 amide bonds. The fraction of sp³-hybridized carbons (Fsp3) is 0.450. The molecular formula is C20H25ClN4O5S. The number of esters is 1. The molecule has 31 heavy (non-hydrogen) atoms. The van der Waals surface area contributed by atoms with Crippen LogP contribution in [0.5, 0.6) is 5.75 Å². The molecule has 1 aromatic carbocycles. The van der Waals surface area contributed by atoms with E-state index in [1.165, 1.54) is 17.6 Å². The molecule has 168 valence electrons. The maximum atomic E-state index is 12.9. The Morgan fingerprint density at radius 2 is 1.84 bits per heavy atom. The zero-order valence-corrected chi connectivity index (χ0v) is 19.2. The van der Waals surface area contributed by atoms with Gasteiger partial charge in [-0.2, -0.15) is 4.31 Å². The Balaban J connectivity index is 1.66. The summed E-state index contributed by atoms with van der Waals surface area (Å²) >= 11 is 6.15. The van der Waals surface area contributed by atoms with E-state index in [0.717, 1.165) is 0 Å². The molecule has 0 N–H and O–H groups in total. The summed E-state index contributed by atoms with van der Waals surface area (Å²) in [5, 5.41) is 0.0380. The molecule has 11 heteroatoms. The van der Waals surface area contributed by atoms with Crippen LogP contribution in [0.15, 0.2) is 35.4 Å². The highest BCUT2D eigenvalue weighted by atomic mass is 35.5. The van der Waals surface area contributed by atoms with Gasteiger partial charge in [0.05, 0.1) is 24.7 Å². The van der Waals surface area contributed by atoms with Crippen molar-refractivity contribution in [3.63, 3.8) is 0 Å². The Labute approximate surface area is 187 Å². The highest BCUT2D eigenvalue weighted by Crippen LogP contribution is 2.25. The van der Waals surface area contributed by atoms with Gasteiger partial charge < -0.3 is 9.47 Å². The van der Waals surface area contributed by atoms with Gasteiger partial charge in [0.15, 0.2) is 0 Å². The number of halogens is 1. The summed E-state index contributed by atoms with van der Waals surface area (Å²) in [5.74, 6) is 0.499. The second-order valence-corrected chi connectivity index (χ2v) is 9.24. The van der Waals surface area contributed by atoms with E-state index in [1.54, 1.807) is 31.2 Å². The fourth-order valence-electron chi connectivity index (χ4n) is 3.31. The van der Waals surface area contributed by atoms with Crippen molar-refractivity contribution in [1.82, 2.24) is 19.2 Å². The molecule has 1 aliphatic heterocycles. The molecule has 1 fully saturated rings. The second kappa shape index (κ2) is 9.90. The van der Waals surface area contributed by atoms with E-state index < -0.39 is 16.0 Å². The van der Waals surface area contributed by atoms with Crippen LogP contribution in [0, 0.1) is 0 Å². The maximum Gasteiger partial charge on any atom is 0.342 e. The van der Waals surface area contributed by atoms with E-state index in [0.29, 0.717) is 37.8 Å². The molecule has 2 aromatic rings. The van der Waals surface area contributed by atoms with Gasteiger partial charge in [0.1, 0.15) is 22.3 Å². The van der Waals surface area contributed by atoms with Crippen LogP contribution in [0.25, 0.3) is 0 Å². The van der Waals surface area contributed by atoms with Gasteiger partial charge in [-0.1, -0.05) is 11.6 Å². The van der Waals surface area contributed by atoms with Crippen LogP contribution in [0.1, 0.15) is 36.1 Å². The Morgan fingerprint density at radius 1 is 1.19 bits per heavy atom. The zero-order valence-electron chi connectivity index (χ0n) is 17.6. The van der Waals surface area contributed by atoms with E-state index in [4.69, 9.17) is 21.1 Å². The first-order valence-electron chi connectivity index (χ1n) is 9.85. The standard InChI is InChI=1S/C20H25ClN4O5S/c1-4-30-20(26)17-13-22-19(23-18(17)21)14(2)24-9-11-25(12-10-24)31(27,28)16-7-5-15(29-3)6-8-16/h5-8,13-14H,4,9-12H2,1-3H3. The minimum Gasteiger partial charge on any atom is -0.497 e. The minimum atomic E-state index is -3.58. The fourth-order valence-corrected chi connectivity index (χ4v) is 4.95. The number of aromatic nitrogens is 2. The van der Waals surface area contributed by atoms with Gasteiger partial charge >= 0.3 is 5.97 Å². The van der Waals surface area contributed by atoms with Crippen LogP contribution >= 0.6 is 11.6 Å². The molecule has 3 rings (SSSR count). The Hall–Kier alpha value is -2.27. The van der Waals surface area contributed by atoms with Crippen LogP contribution in [0.3, 0.4) is 0 Å². The van der Waals surface area contributed by atoms with E-state index in [1.807, 2.05) is 6.92 Å². The lowest BCUT2D eigenvalue weighted by atomic mass is 10.2. The third-order valence-corrected chi connectivity index (χ3v) is 7.35. The van der Waals surface area contributed by atoms with Crippen molar-refractivity contribution in [3.05, 3.63) is 47.0 Å². The average molecular weight is 469 g/mol. The predicted molar refractivity (Wildman–Crippen MR) is 115 cm³/mol. The summed E-state index contributed by atoms with van der Waals surface area (Å²) in [4.78, 5) is 22.7. The highest BCUT2D eigenvalue weighted by molar-refractivity contribution is 7.89. The molecule has 1 aliphatic rings. The summed E-state index contributed by atoms with van der Waals surface area (Å²) in [6, 6.07) is 6.16. The van der Waals surface area contributed by atoms with E-state index in [2.05, 4.69) is 14.9 Å². The number of benzene rings is 1. The largest absolute Gasteiger partial charge is 0.497 e. The molecule has 0 spiro atoms. The van der Waals surface area contributed by atoms with Gasteiger partial charge in [0.25, 0.3) is 0 Å². The summed E-state index contributed by atoms with van der Waals surface area (Å²) < 4.78 is 37.3. The van der Waals surface area contributed by atoms with Gasteiger partial charge in [0.2, 0.25) is 10.0 Å². The average Bonchev–Trinajstić information content (AvgIpc) is 2.78. The van der Waals surface area contributed by atoms with Gasteiger partial charge in [-0.05, 0) is 38.1 Å². The van der Waals surface area contributed by atoms with Crippen LogP contribution in [-0.4, -0.2) is 73.5 Å². The number of carbonyl (C=O) groups is 1. The lowest BCUT2D eigenvalue weighted by Gasteiger charge is -2.36. The summed E-state index contributed by atoms with van der Waals surface area (Å²) in [6.45, 7) is 5.56. The molecule has 1 saturated heterocycles. The lowest BCUT2D eigenvalue weighted by molar-refractivity contribution is 0.0525. The van der Waals surface area contributed by atoms with Crippen molar-refractivity contribution < 1.29 is 22.7 Å². The van der Waals surface area contributed by atoms with Gasteiger partial charge in [-0.25, -0.2) is 23.2 Å². The number of methoxy groups -OCH3 is 1. The third kappa shape index (κ3) is 5.15. The molecular weight excluding hydrogens is 444 g/mol. The minimum absolute atomic E-state index is 0.0380. The van der Waals surface area contributed by atoms with Crippen molar-refractivity contribution in [2.45, 2.75) is 24.8 Å². The topological polar surface area (TPSA) is 102 Å². The lowest BCUT2D eigenvalue weighted by Crippen LogP contribution is -2.49. The summed E-state index contributed by atoms with van der Waals surface area (Å²) in [6.07, 6.45) is 1.36. The van der Waals surface area contributed by atoms with Crippen molar-refractivity contribution in [2.24, 2.45) is 0 Å². The SMILES string of the molecule is CCOC(=O)c1cnc(C(C)N2CCN(S(=O)(=O)c3ccc(OC)cc3)CC2)nc1Cl. The first-order valence-corrected chi connectivity index (χ1v) is 11.7. The second-order valence-electron chi connectivity index (χ2n) is 6.94. The molecule has 1 aromatic heterocycles. The summed E-state index contributed by atoms with van der Waals surface area (Å²) in [7, 11) is -2.05. The number of piperazine rings is 1. The van der Waals surface area contributed by atoms with Gasteiger partial charge in [0, 0.05) is 32.4 Å². The van der Waals surface area contributed by atoms with Gasteiger partial charge in [-0.15, -0.1) is 0 Å². The zero-order chi connectivity index (χ0) is 22.6. The smallest absolute Gasteiger partial charge is 0.342 e. The number of sulfonamides is 1. The molecule has 0 saturated carbocycles. The predicted octanol–water partition coefficient (Wildman–Crippen LogP) is 2.38. The molecule has 2 heterocycles. The number of ether oxygens (including phenoxy) is 2. The quantitative estimate of drug-likeness (QED) is 0.451. The number of carbonyl (C=O) groups excluding carboxylic acids is 1. The van der Waals surface area contributed by atoms with Crippen LogP contribution < -0.4 is 4.74 Å². The Kier molecular flexibility index (Phi) is 7.47. The van der Waals surface area contributed by atoms with Crippen LogP contribution in [-0.2, 0) is 14.8 Å². The summed E-state index contributed by atoms with van der Waals surface area (Å²) in [5.41, 5.74) is 0.120. The Bertz CT molecular complexity index is 1020. The van der Waals surface area contributed by atoms with E-state index >= 15 is 0 Å². The van der Waals surface area contributed by atoms with E-state index in [9.17, 15) is 13.2 Å². The van der Waals surface area contributed by atoms with Gasteiger partial charge in [-0.3, -0.25) is 4.90 Å². The third-order valence-electron chi connectivity index (χ3n) is 5.15. The number of rotatable bonds is 7. The number of hydrogen-bond donors (Lipinski definition) is 0. The molecule has 1 atom stereocenters. The number of hydrogen-bond acceptors (Lipinski definition) is 8. The number of nitrogens with zero attached hydrogens (tertiary/aromatic N) is 4. The first kappa shape index (κ1) is 23.4. The van der Waals surface area contributed by atoms with Crippen molar-refractivity contribution >= 4 is 27.6 Å². The highest BCUT2D eigenvalue weighted by Gasteiger charge is 2.31. The van der Waals surface area contributed by atoms with Crippen molar-refractivity contribution in [3.8, 4) is 5.75 Å². The molecule has 1 unspecified atom stereocenters. The molecule has 9 nitrogen and oxygen atoms in total. The molecule has 0 bridgehead atoms. The van der Waals surface area contributed by atoms with Crippen LogP contribution in [0.4, 0.5) is 0 Å². The van der Waals surface area contributed by atoms with Crippen molar-refractivity contribution in [2.75, 3.05) is 39.9 Å². The Morgan fingerprint density at radius 3 is 2.39 bits per heavy atom. The molecule has 0 aliphatic carbocycles. The molecule has 0 radical (unpaired) electrons. The first-order chi connectivity index (χ1) is 14.8. The van der Waals surface area contributed by atoms with E-state index in [-0.39, 0.29) is 28.3 Å². The maximum absolute atomic E-state index is 12.9. The monoisotopic (exact) mass is 468 g/mol.